The maximum atomic E-state index is 10.2. The van der Waals surface area contributed by atoms with E-state index in [4.69, 9.17) is 0 Å². The summed E-state index contributed by atoms with van der Waals surface area (Å²) in [4.78, 5) is 10.2. The van der Waals surface area contributed by atoms with Gasteiger partial charge in [-0.05, 0) is 23.0 Å². The fourth-order valence-corrected chi connectivity index (χ4v) is 1.40. The van der Waals surface area contributed by atoms with Gasteiger partial charge < -0.3 is 4.79 Å². The van der Waals surface area contributed by atoms with Crippen LogP contribution in [-0.4, -0.2) is 35.9 Å². The molecule has 0 aliphatic rings. The maximum absolute atomic E-state index is 10.2. The smallest absolute Gasteiger partial charge is 0.120 e. The van der Waals surface area contributed by atoms with E-state index in [0.717, 1.165) is 12.7 Å². The van der Waals surface area contributed by atoms with Gasteiger partial charge in [-0.3, -0.25) is 0 Å². The zero-order chi connectivity index (χ0) is 14.2. The van der Waals surface area contributed by atoms with Gasteiger partial charge in [0.05, 0.1) is 0 Å². The van der Waals surface area contributed by atoms with Gasteiger partial charge in [-0.1, -0.05) is 45.0 Å². The molecule has 18 heavy (non-hydrogen) atoms. The molecule has 1 aromatic rings. The summed E-state index contributed by atoms with van der Waals surface area (Å²) in [6.07, 6.45) is 1.78. The molecule has 0 aromatic heterocycles. The highest BCUT2D eigenvalue weighted by Crippen LogP contribution is 2.22. The third kappa shape index (κ3) is 8.27. The van der Waals surface area contributed by atoms with Crippen molar-refractivity contribution in [1.29, 1.82) is 0 Å². The van der Waals surface area contributed by atoms with Crippen LogP contribution >= 0.6 is 0 Å². The van der Waals surface area contributed by atoms with Gasteiger partial charge in [0, 0.05) is 36.0 Å². The van der Waals surface area contributed by atoms with Crippen molar-refractivity contribution in [1.82, 2.24) is 0 Å². The fraction of sp³-hybridized carbons (Fsp3) is 0.462. The minimum atomic E-state index is -0.667. The Balaban J connectivity index is 0.000000631. The Hall–Kier alpha value is -0.850. The lowest BCUT2D eigenvalue weighted by Gasteiger charge is -2.19. The van der Waals surface area contributed by atoms with Crippen molar-refractivity contribution in [3.8, 4) is 0 Å². The van der Waals surface area contributed by atoms with Gasteiger partial charge in [-0.25, -0.2) is 0 Å². The number of hydrogen-bond donors (Lipinski definition) is 0. The summed E-state index contributed by atoms with van der Waals surface area (Å²) in [5.41, 5.74) is 2.79. The molecule has 1 nitrogen and oxygen atoms in total. The Morgan fingerprint density at radius 2 is 1.56 bits per heavy atom. The molecule has 0 atom stereocenters. The first-order chi connectivity index (χ1) is 8.27. The van der Waals surface area contributed by atoms with Crippen LogP contribution in [0.4, 0.5) is 0 Å². The lowest BCUT2D eigenvalue weighted by atomic mass is 9.08. The monoisotopic (exact) mass is 234 g/mol. The van der Waals surface area contributed by atoms with Crippen LogP contribution in [0.1, 0.15) is 38.3 Å². The molecular formula is C13H18B4O. The van der Waals surface area contributed by atoms with Gasteiger partial charge in [-0.2, -0.15) is 0 Å². The first-order valence-corrected chi connectivity index (χ1v) is 6.07. The molecule has 0 spiro atoms. The van der Waals surface area contributed by atoms with Gasteiger partial charge >= 0.3 is 0 Å². The number of aryl methyl sites for hydroxylation is 1. The van der Waals surface area contributed by atoms with E-state index >= 15 is 0 Å². The molecule has 88 valence electrons. The molecule has 5 heteroatoms. The summed E-state index contributed by atoms with van der Waals surface area (Å²) < 4.78 is 0. The molecular weight excluding hydrogens is 215 g/mol. The molecule has 0 heterocycles. The zero-order valence-corrected chi connectivity index (χ0v) is 11.5. The molecule has 0 unspecified atom stereocenters. The predicted molar refractivity (Wildman–Crippen MR) is 82.5 cm³/mol. The molecule has 0 aliphatic heterocycles. The summed E-state index contributed by atoms with van der Waals surface area (Å²) in [6.45, 7) is 6.61. The Bertz CT molecular complexity index is 338. The summed E-state index contributed by atoms with van der Waals surface area (Å²) >= 11 is 0. The van der Waals surface area contributed by atoms with Crippen LogP contribution in [-0.2, 0) is 16.6 Å². The molecule has 0 fully saturated rings. The quantitative estimate of drug-likeness (QED) is 0.572. The molecule has 0 saturated heterocycles. The van der Waals surface area contributed by atoms with Crippen molar-refractivity contribution in [3.63, 3.8) is 0 Å². The third-order valence-electron chi connectivity index (χ3n) is 2.37. The molecule has 6 radical (unpaired) electrons. The summed E-state index contributed by atoms with van der Waals surface area (Å²) in [6, 6.07) is 8.54. The standard InChI is InChI=1S/C13H18O.B4/c1-13(2,3)12-8-6-11(7-9-12)5-4-10-14;1-4(2)3/h6-10H,4-5H2,1-3H3;. The van der Waals surface area contributed by atoms with Crippen LogP contribution in [0.2, 0.25) is 0 Å². The lowest BCUT2D eigenvalue weighted by Crippen LogP contribution is -2.11. The number of carbonyl (C=O) groups is 1. The van der Waals surface area contributed by atoms with Gasteiger partial charge in [0.15, 0.2) is 0 Å². The highest BCUT2D eigenvalue weighted by atomic mass is 16.1. The number of rotatable bonds is 3. The van der Waals surface area contributed by atoms with Crippen molar-refractivity contribution in [3.05, 3.63) is 35.4 Å². The molecule has 0 bridgehead atoms. The van der Waals surface area contributed by atoms with E-state index in [1.54, 1.807) is 0 Å². The van der Waals surface area contributed by atoms with Crippen molar-refractivity contribution < 1.29 is 4.79 Å². The van der Waals surface area contributed by atoms with Gasteiger partial charge in [-0.15, -0.1) is 0 Å². The number of carbonyl (C=O) groups excluding carboxylic acids is 1. The normalized spacial score (nSPS) is 10.2. The van der Waals surface area contributed by atoms with E-state index < -0.39 is 6.39 Å². The average Bonchev–Trinajstić information content (AvgIpc) is 2.25. The molecule has 1 rings (SSSR count). The van der Waals surface area contributed by atoms with E-state index in [2.05, 4.69) is 68.2 Å². The van der Waals surface area contributed by atoms with Crippen LogP contribution in [0, 0.1) is 0 Å². The lowest BCUT2D eigenvalue weighted by molar-refractivity contribution is -0.107. The topological polar surface area (TPSA) is 17.1 Å². The van der Waals surface area contributed by atoms with E-state index in [0.29, 0.717) is 6.42 Å². The Kier molecular flexibility index (Phi) is 7.89. The number of hydrogen-bond acceptors (Lipinski definition) is 1. The molecule has 0 amide bonds. The third-order valence-corrected chi connectivity index (χ3v) is 2.37. The number of benzene rings is 1. The fourth-order valence-electron chi connectivity index (χ4n) is 1.40. The van der Waals surface area contributed by atoms with Gasteiger partial charge in [0.25, 0.3) is 0 Å². The van der Waals surface area contributed by atoms with Crippen molar-refractivity contribution in [2.24, 2.45) is 0 Å². The second-order valence-electron chi connectivity index (χ2n) is 5.23. The Labute approximate surface area is 115 Å². The summed E-state index contributed by atoms with van der Waals surface area (Å²) in [5.74, 6) is 0. The molecule has 0 N–H and O–H groups in total. The van der Waals surface area contributed by atoms with Crippen LogP contribution < -0.4 is 0 Å². The molecule has 0 saturated carbocycles. The largest absolute Gasteiger partial charge is 0.303 e. The first kappa shape index (κ1) is 17.1. The average molecular weight is 234 g/mol. The van der Waals surface area contributed by atoms with Crippen LogP contribution in [0.25, 0.3) is 0 Å². The van der Waals surface area contributed by atoms with Crippen molar-refractivity contribution in [2.75, 3.05) is 0 Å². The second-order valence-corrected chi connectivity index (χ2v) is 5.23. The van der Waals surface area contributed by atoms with E-state index in [-0.39, 0.29) is 5.41 Å². The molecule has 0 aliphatic carbocycles. The van der Waals surface area contributed by atoms with Crippen LogP contribution in [0.3, 0.4) is 0 Å². The number of aldehydes is 1. The first-order valence-electron chi connectivity index (χ1n) is 6.07. The van der Waals surface area contributed by atoms with Gasteiger partial charge in [0.1, 0.15) is 6.29 Å². The van der Waals surface area contributed by atoms with Gasteiger partial charge in [0.2, 0.25) is 0 Å². The van der Waals surface area contributed by atoms with Crippen molar-refractivity contribution >= 4 is 35.9 Å². The Morgan fingerprint density at radius 1 is 1.11 bits per heavy atom. The van der Waals surface area contributed by atoms with Crippen molar-refractivity contribution in [2.45, 2.75) is 39.0 Å². The second kappa shape index (κ2) is 8.29. The highest BCUT2D eigenvalue weighted by Gasteiger charge is 2.12. The summed E-state index contributed by atoms with van der Waals surface area (Å²) in [7, 11) is 14.0. The SMILES string of the molecule is CC(C)(C)c1ccc(CCC=O)cc1.[B]B([B])[B]. The van der Waals surface area contributed by atoms with Crippen LogP contribution in [0.15, 0.2) is 24.3 Å². The zero-order valence-electron chi connectivity index (χ0n) is 11.5. The molecule has 1 aromatic carbocycles. The van der Waals surface area contributed by atoms with E-state index in [1.807, 2.05) is 0 Å². The Morgan fingerprint density at radius 3 is 1.89 bits per heavy atom. The van der Waals surface area contributed by atoms with E-state index in [1.165, 1.54) is 11.1 Å². The minimum Gasteiger partial charge on any atom is -0.303 e. The highest BCUT2D eigenvalue weighted by molar-refractivity contribution is 7.49. The maximum Gasteiger partial charge on any atom is 0.120 e. The summed E-state index contributed by atoms with van der Waals surface area (Å²) in [5, 5.41) is 0. The minimum absolute atomic E-state index is 0.211. The van der Waals surface area contributed by atoms with Crippen LogP contribution in [0.5, 0.6) is 0 Å². The van der Waals surface area contributed by atoms with E-state index in [9.17, 15) is 4.79 Å². The predicted octanol–water partition coefficient (Wildman–Crippen LogP) is 1.59.